The lowest BCUT2D eigenvalue weighted by Crippen LogP contribution is -2.41. The van der Waals surface area contributed by atoms with Gasteiger partial charge in [0.05, 0.1) is 6.10 Å². The molecule has 0 saturated heterocycles. The minimum absolute atomic E-state index is 0.0440. The summed E-state index contributed by atoms with van der Waals surface area (Å²) in [6.07, 6.45) is 7.38. The Morgan fingerprint density at radius 3 is 2.42 bits per heavy atom. The molecule has 1 aliphatic rings. The van der Waals surface area contributed by atoms with Crippen molar-refractivity contribution in [3.8, 4) is 0 Å². The molecule has 0 radical (unpaired) electrons. The third kappa shape index (κ3) is 3.09. The Labute approximate surface area is 117 Å². The third-order valence-electron chi connectivity index (χ3n) is 4.71. The molecule has 104 valence electrons. The van der Waals surface area contributed by atoms with E-state index in [0.29, 0.717) is 0 Å². The molecule has 1 saturated carbocycles. The normalized spacial score (nSPS) is 19.9. The van der Waals surface area contributed by atoms with E-state index in [1.165, 1.54) is 24.8 Å². The molecular weight excluding hydrogens is 232 g/mol. The fourth-order valence-corrected chi connectivity index (χ4v) is 3.38. The van der Waals surface area contributed by atoms with Crippen LogP contribution in [-0.2, 0) is 5.41 Å². The lowest BCUT2D eigenvalue weighted by atomic mass is 9.65. The summed E-state index contributed by atoms with van der Waals surface area (Å²) in [7, 11) is 0. The number of hydrogen-bond donors (Lipinski definition) is 1. The number of aliphatic hydroxyl groups excluding tert-OH is 1. The molecule has 0 aliphatic heterocycles. The predicted octanol–water partition coefficient (Wildman–Crippen LogP) is 4.61. The molecule has 2 rings (SSSR count). The highest BCUT2D eigenvalue weighted by Gasteiger charge is 2.40. The topological polar surface area (TPSA) is 20.2 Å². The van der Waals surface area contributed by atoms with Gasteiger partial charge in [-0.05, 0) is 31.2 Å². The van der Waals surface area contributed by atoms with Crippen LogP contribution < -0.4 is 0 Å². The smallest absolute Gasteiger partial charge is 0.0673 e. The summed E-state index contributed by atoms with van der Waals surface area (Å²) in [5.41, 5.74) is 2.43. The highest BCUT2D eigenvalue weighted by molar-refractivity contribution is 5.28. The van der Waals surface area contributed by atoms with E-state index in [1.807, 2.05) is 0 Å². The monoisotopic (exact) mass is 258 g/mol. The van der Waals surface area contributed by atoms with Gasteiger partial charge in [0.25, 0.3) is 0 Å². The SMILES string of the molecule is C=C(CC)CC(O)C1(c2ccccc2)CCCCC1. The molecule has 0 aromatic heterocycles. The van der Waals surface area contributed by atoms with Crippen LogP contribution >= 0.6 is 0 Å². The van der Waals surface area contributed by atoms with Crippen LogP contribution in [-0.4, -0.2) is 11.2 Å². The van der Waals surface area contributed by atoms with Gasteiger partial charge >= 0.3 is 0 Å². The van der Waals surface area contributed by atoms with Crippen molar-refractivity contribution in [1.29, 1.82) is 0 Å². The zero-order valence-corrected chi connectivity index (χ0v) is 12.1. The van der Waals surface area contributed by atoms with Gasteiger partial charge in [0.15, 0.2) is 0 Å². The molecule has 1 nitrogen and oxygen atoms in total. The Bertz CT molecular complexity index is 401. The molecule has 1 aromatic carbocycles. The van der Waals surface area contributed by atoms with Gasteiger partial charge in [0, 0.05) is 5.41 Å². The van der Waals surface area contributed by atoms with Crippen molar-refractivity contribution in [3.05, 3.63) is 48.0 Å². The molecule has 1 atom stereocenters. The summed E-state index contributed by atoms with van der Waals surface area (Å²) < 4.78 is 0. The Hall–Kier alpha value is -1.08. The van der Waals surface area contributed by atoms with Crippen LogP contribution in [0, 0.1) is 0 Å². The zero-order valence-electron chi connectivity index (χ0n) is 12.1. The summed E-state index contributed by atoms with van der Waals surface area (Å²) in [5, 5.41) is 10.8. The molecule has 0 amide bonds. The van der Waals surface area contributed by atoms with E-state index in [4.69, 9.17) is 0 Å². The van der Waals surface area contributed by atoms with Gasteiger partial charge in [-0.25, -0.2) is 0 Å². The second-order valence-electron chi connectivity index (χ2n) is 5.91. The Kier molecular flexibility index (Phi) is 4.81. The van der Waals surface area contributed by atoms with Gasteiger partial charge in [-0.1, -0.05) is 68.7 Å². The summed E-state index contributed by atoms with van der Waals surface area (Å²) >= 11 is 0. The van der Waals surface area contributed by atoms with Gasteiger partial charge in [-0.15, -0.1) is 0 Å². The van der Waals surface area contributed by atoms with E-state index in [9.17, 15) is 5.11 Å². The first-order valence-corrected chi connectivity index (χ1v) is 7.59. The summed E-state index contributed by atoms with van der Waals surface area (Å²) in [4.78, 5) is 0. The number of hydrogen-bond acceptors (Lipinski definition) is 1. The van der Waals surface area contributed by atoms with Crippen LogP contribution in [0.1, 0.15) is 57.4 Å². The van der Waals surface area contributed by atoms with Crippen molar-refractivity contribution in [1.82, 2.24) is 0 Å². The highest BCUT2D eigenvalue weighted by atomic mass is 16.3. The number of rotatable bonds is 5. The standard InChI is InChI=1S/C18H26O/c1-3-15(2)14-17(19)18(12-8-5-9-13-18)16-10-6-4-7-11-16/h4,6-7,10-11,17,19H,2-3,5,8-9,12-14H2,1H3. The van der Waals surface area contributed by atoms with Gasteiger partial charge in [0.1, 0.15) is 0 Å². The minimum Gasteiger partial charge on any atom is -0.392 e. The number of benzene rings is 1. The molecule has 0 bridgehead atoms. The first kappa shape index (κ1) is 14.3. The molecule has 0 heterocycles. The molecule has 0 spiro atoms. The summed E-state index contributed by atoms with van der Waals surface area (Å²) in [5.74, 6) is 0. The maximum Gasteiger partial charge on any atom is 0.0673 e. The van der Waals surface area contributed by atoms with E-state index in [-0.39, 0.29) is 11.5 Å². The predicted molar refractivity (Wildman–Crippen MR) is 81.3 cm³/mol. The van der Waals surface area contributed by atoms with Crippen LogP contribution in [0.15, 0.2) is 42.5 Å². The van der Waals surface area contributed by atoms with Crippen molar-refractivity contribution >= 4 is 0 Å². The molecule has 1 heteroatoms. The second-order valence-corrected chi connectivity index (χ2v) is 5.91. The Balaban J connectivity index is 2.27. The maximum atomic E-state index is 10.8. The highest BCUT2D eigenvalue weighted by Crippen LogP contribution is 2.43. The van der Waals surface area contributed by atoms with Crippen molar-refractivity contribution in [3.63, 3.8) is 0 Å². The van der Waals surface area contributed by atoms with Crippen LogP contribution in [0.5, 0.6) is 0 Å². The molecule has 1 N–H and O–H groups in total. The lowest BCUT2D eigenvalue weighted by Gasteiger charge is -2.42. The van der Waals surface area contributed by atoms with E-state index >= 15 is 0 Å². The van der Waals surface area contributed by atoms with E-state index in [1.54, 1.807) is 0 Å². The van der Waals surface area contributed by atoms with Crippen molar-refractivity contribution in [2.45, 2.75) is 63.4 Å². The minimum atomic E-state index is -0.289. The van der Waals surface area contributed by atoms with Gasteiger partial charge in [0.2, 0.25) is 0 Å². The van der Waals surface area contributed by atoms with Crippen LogP contribution in [0.2, 0.25) is 0 Å². The molecule has 19 heavy (non-hydrogen) atoms. The van der Waals surface area contributed by atoms with Crippen LogP contribution in [0.4, 0.5) is 0 Å². The fourth-order valence-electron chi connectivity index (χ4n) is 3.38. The molecule has 1 fully saturated rings. The molecule has 1 aromatic rings. The quantitative estimate of drug-likeness (QED) is 0.765. The van der Waals surface area contributed by atoms with Crippen molar-refractivity contribution in [2.24, 2.45) is 0 Å². The Morgan fingerprint density at radius 1 is 1.21 bits per heavy atom. The summed E-state index contributed by atoms with van der Waals surface area (Å²) in [6, 6.07) is 10.6. The first-order valence-electron chi connectivity index (χ1n) is 7.59. The number of aliphatic hydroxyl groups is 1. The fraction of sp³-hybridized carbons (Fsp3) is 0.556. The van der Waals surface area contributed by atoms with Crippen molar-refractivity contribution in [2.75, 3.05) is 0 Å². The molecular formula is C18H26O. The largest absolute Gasteiger partial charge is 0.392 e. The first-order chi connectivity index (χ1) is 9.19. The average molecular weight is 258 g/mol. The van der Waals surface area contributed by atoms with E-state index in [0.717, 1.165) is 31.3 Å². The molecule has 1 unspecified atom stereocenters. The van der Waals surface area contributed by atoms with Gasteiger partial charge < -0.3 is 5.11 Å². The van der Waals surface area contributed by atoms with Gasteiger partial charge in [-0.2, -0.15) is 0 Å². The van der Waals surface area contributed by atoms with Gasteiger partial charge in [-0.3, -0.25) is 0 Å². The summed E-state index contributed by atoms with van der Waals surface area (Å²) in [6.45, 7) is 6.19. The maximum absolute atomic E-state index is 10.8. The molecule has 1 aliphatic carbocycles. The average Bonchev–Trinajstić information content (AvgIpc) is 2.48. The van der Waals surface area contributed by atoms with E-state index < -0.39 is 0 Å². The Morgan fingerprint density at radius 2 is 1.84 bits per heavy atom. The second kappa shape index (κ2) is 6.38. The van der Waals surface area contributed by atoms with Crippen molar-refractivity contribution < 1.29 is 5.11 Å². The lowest BCUT2D eigenvalue weighted by molar-refractivity contribution is 0.0535. The van der Waals surface area contributed by atoms with E-state index in [2.05, 4.69) is 43.8 Å². The zero-order chi connectivity index (χ0) is 13.7. The van der Waals surface area contributed by atoms with Crippen LogP contribution in [0.3, 0.4) is 0 Å². The third-order valence-corrected chi connectivity index (χ3v) is 4.71. The van der Waals surface area contributed by atoms with Crippen LogP contribution in [0.25, 0.3) is 0 Å².